The highest BCUT2D eigenvalue weighted by molar-refractivity contribution is 5.99. The van der Waals surface area contributed by atoms with Gasteiger partial charge in [0.05, 0.1) is 12.2 Å². The van der Waals surface area contributed by atoms with Crippen LogP contribution < -0.4 is 14.2 Å². The molecule has 5 heteroatoms. The average molecular weight is 437 g/mol. The Morgan fingerprint density at radius 3 is 2.36 bits per heavy atom. The van der Waals surface area contributed by atoms with Gasteiger partial charge in [0.1, 0.15) is 30.0 Å². The second-order valence-corrected chi connectivity index (χ2v) is 7.80. The number of fused-ring (bicyclic) bond motifs is 1. The van der Waals surface area contributed by atoms with E-state index in [-0.39, 0.29) is 11.9 Å². The van der Waals surface area contributed by atoms with Crippen LogP contribution in [-0.4, -0.2) is 17.4 Å². The summed E-state index contributed by atoms with van der Waals surface area (Å²) in [6.45, 7) is 0.909. The molecule has 0 bridgehead atoms. The molecule has 0 N–H and O–H groups in total. The largest absolute Gasteiger partial charge is 0.492 e. The summed E-state index contributed by atoms with van der Waals surface area (Å²) in [6, 6.07) is 27.2. The zero-order chi connectivity index (χ0) is 22.5. The Kier molecular flexibility index (Phi) is 6.02. The van der Waals surface area contributed by atoms with Crippen LogP contribution in [0.3, 0.4) is 0 Å². The van der Waals surface area contributed by atoms with E-state index in [1.807, 2.05) is 72.8 Å². The number of pyridine rings is 1. The van der Waals surface area contributed by atoms with Crippen LogP contribution in [0.5, 0.6) is 17.2 Å². The van der Waals surface area contributed by atoms with Gasteiger partial charge in [0.15, 0.2) is 5.78 Å². The molecule has 2 heterocycles. The number of hydrogen-bond acceptors (Lipinski definition) is 5. The predicted octanol–water partition coefficient (Wildman–Crippen LogP) is 5.79. The van der Waals surface area contributed by atoms with Crippen LogP contribution in [0.4, 0.5) is 0 Å². The Hall–Kier alpha value is -4.12. The van der Waals surface area contributed by atoms with Crippen molar-refractivity contribution in [3.05, 3.63) is 120 Å². The van der Waals surface area contributed by atoms with Crippen molar-refractivity contribution in [3.8, 4) is 17.2 Å². The lowest BCUT2D eigenvalue weighted by Gasteiger charge is -2.22. The van der Waals surface area contributed by atoms with Crippen LogP contribution in [0.25, 0.3) is 0 Å². The van der Waals surface area contributed by atoms with Gasteiger partial charge in [-0.1, -0.05) is 42.5 Å². The van der Waals surface area contributed by atoms with Gasteiger partial charge >= 0.3 is 0 Å². The Morgan fingerprint density at radius 1 is 0.848 bits per heavy atom. The third-order valence-electron chi connectivity index (χ3n) is 5.53. The van der Waals surface area contributed by atoms with E-state index in [2.05, 4.69) is 4.98 Å². The topological polar surface area (TPSA) is 57.7 Å². The third kappa shape index (κ3) is 4.88. The number of carbonyl (C=O) groups excluding carboxylic acids is 1. The fourth-order valence-electron chi connectivity index (χ4n) is 3.80. The standard InChI is InChI=1S/C28H23NO4/c30-26-14-17-31-27-18-24(10-11-25(26)27)33-28(22-12-15-29-16-13-22)21-6-8-23(9-7-21)32-19-20-4-2-1-3-5-20/h1-13,15-16,18,28H,14,17,19H2/t28-/m1/s1. The predicted molar refractivity (Wildman–Crippen MR) is 125 cm³/mol. The lowest BCUT2D eigenvalue weighted by Crippen LogP contribution is -2.15. The smallest absolute Gasteiger partial charge is 0.169 e. The number of Topliss-reactive ketones (excluding diaryl/α,β-unsaturated/α-hetero) is 1. The lowest BCUT2D eigenvalue weighted by atomic mass is 10.0. The summed E-state index contributed by atoms with van der Waals surface area (Å²) in [5, 5.41) is 0. The summed E-state index contributed by atoms with van der Waals surface area (Å²) >= 11 is 0. The quantitative estimate of drug-likeness (QED) is 0.366. The summed E-state index contributed by atoms with van der Waals surface area (Å²) in [5.41, 5.74) is 3.67. The minimum absolute atomic E-state index is 0.0968. The van der Waals surface area contributed by atoms with Crippen molar-refractivity contribution >= 4 is 5.78 Å². The fourth-order valence-corrected chi connectivity index (χ4v) is 3.80. The molecule has 1 aliphatic rings. The number of carbonyl (C=O) groups is 1. The molecule has 0 saturated heterocycles. The highest BCUT2D eigenvalue weighted by atomic mass is 16.5. The van der Waals surface area contributed by atoms with Crippen molar-refractivity contribution in [1.29, 1.82) is 0 Å². The fraction of sp³-hybridized carbons (Fsp3) is 0.143. The first-order valence-electron chi connectivity index (χ1n) is 10.9. The number of aromatic nitrogens is 1. The van der Waals surface area contributed by atoms with Crippen molar-refractivity contribution < 1.29 is 19.0 Å². The molecule has 0 spiro atoms. The molecule has 0 fully saturated rings. The summed E-state index contributed by atoms with van der Waals surface area (Å²) in [5.74, 6) is 2.09. The molecule has 164 valence electrons. The van der Waals surface area contributed by atoms with Crippen LogP contribution in [0.1, 0.15) is 39.6 Å². The van der Waals surface area contributed by atoms with E-state index in [4.69, 9.17) is 14.2 Å². The van der Waals surface area contributed by atoms with E-state index in [9.17, 15) is 4.79 Å². The van der Waals surface area contributed by atoms with Gasteiger partial charge in [-0.05, 0) is 53.1 Å². The number of ketones is 1. The van der Waals surface area contributed by atoms with E-state index in [0.29, 0.717) is 36.7 Å². The first-order chi connectivity index (χ1) is 16.3. The molecule has 0 unspecified atom stereocenters. The molecule has 5 rings (SSSR count). The van der Waals surface area contributed by atoms with Gasteiger partial charge in [0.25, 0.3) is 0 Å². The maximum atomic E-state index is 12.1. The molecule has 1 aromatic heterocycles. The first-order valence-corrected chi connectivity index (χ1v) is 10.9. The summed E-state index contributed by atoms with van der Waals surface area (Å²) in [4.78, 5) is 16.2. The number of hydrogen-bond donors (Lipinski definition) is 0. The number of nitrogens with zero attached hydrogens (tertiary/aromatic N) is 1. The van der Waals surface area contributed by atoms with Crippen LogP contribution in [0.2, 0.25) is 0 Å². The van der Waals surface area contributed by atoms with Crippen molar-refractivity contribution in [3.63, 3.8) is 0 Å². The van der Waals surface area contributed by atoms with E-state index in [1.165, 1.54) is 0 Å². The van der Waals surface area contributed by atoms with Crippen molar-refractivity contribution in [2.45, 2.75) is 19.1 Å². The number of ether oxygens (including phenoxy) is 3. The Morgan fingerprint density at radius 2 is 1.58 bits per heavy atom. The van der Waals surface area contributed by atoms with Gasteiger partial charge in [-0.15, -0.1) is 0 Å². The summed E-state index contributed by atoms with van der Waals surface area (Å²) in [7, 11) is 0. The molecular weight excluding hydrogens is 414 g/mol. The molecule has 0 saturated carbocycles. The minimum Gasteiger partial charge on any atom is -0.492 e. The molecule has 1 aliphatic heterocycles. The SMILES string of the molecule is O=C1CCOc2cc(O[C@@H](c3ccncc3)c3ccc(OCc4ccccc4)cc3)ccc21. The molecule has 0 amide bonds. The highest BCUT2D eigenvalue weighted by Crippen LogP contribution is 2.34. The molecule has 0 radical (unpaired) electrons. The number of rotatable bonds is 7. The Labute approximate surface area is 192 Å². The maximum absolute atomic E-state index is 12.1. The molecular formula is C28H23NO4. The molecule has 1 atom stereocenters. The normalized spacial score (nSPS) is 13.5. The minimum atomic E-state index is -0.353. The Bertz CT molecular complexity index is 1220. The van der Waals surface area contributed by atoms with E-state index in [0.717, 1.165) is 22.4 Å². The average Bonchev–Trinajstić information content (AvgIpc) is 2.88. The van der Waals surface area contributed by atoms with Gasteiger partial charge < -0.3 is 14.2 Å². The molecule has 3 aromatic carbocycles. The van der Waals surface area contributed by atoms with Crippen LogP contribution in [0.15, 0.2) is 97.3 Å². The summed E-state index contributed by atoms with van der Waals surface area (Å²) < 4.78 is 18.0. The van der Waals surface area contributed by atoms with Gasteiger partial charge in [-0.3, -0.25) is 9.78 Å². The van der Waals surface area contributed by atoms with Crippen LogP contribution in [-0.2, 0) is 6.61 Å². The zero-order valence-electron chi connectivity index (χ0n) is 18.0. The number of benzene rings is 3. The van der Waals surface area contributed by atoms with Gasteiger partial charge in [-0.25, -0.2) is 0 Å². The van der Waals surface area contributed by atoms with Gasteiger partial charge in [0, 0.05) is 24.9 Å². The second-order valence-electron chi connectivity index (χ2n) is 7.80. The van der Waals surface area contributed by atoms with Crippen LogP contribution in [0, 0.1) is 0 Å². The zero-order valence-corrected chi connectivity index (χ0v) is 18.0. The lowest BCUT2D eigenvalue weighted by molar-refractivity contribution is 0.0933. The van der Waals surface area contributed by atoms with Crippen molar-refractivity contribution in [1.82, 2.24) is 4.98 Å². The second kappa shape index (κ2) is 9.57. The van der Waals surface area contributed by atoms with Crippen molar-refractivity contribution in [2.75, 3.05) is 6.61 Å². The molecule has 0 aliphatic carbocycles. The van der Waals surface area contributed by atoms with Gasteiger partial charge in [-0.2, -0.15) is 0 Å². The first kappa shape index (κ1) is 20.8. The maximum Gasteiger partial charge on any atom is 0.169 e. The summed E-state index contributed by atoms with van der Waals surface area (Å²) in [6.07, 6.45) is 3.55. The molecule has 33 heavy (non-hydrogen) atoms. The van der Waals surface area contributed by atoms with Crippen molar-refractivity contribution in [2.24, 2.45) is 0 Å². The monoisotopic (exact) mass is 437 g/mol. The highest BCUT2D eigenvalue weighted by Gasteiger charge is 2.21. The van der Waals surface area contributed by atoms with Crippen LogP contribution >= 0.6 is 0 Å². The Balaban J connectivity index is 1.37. The van der Waals surface area contributed by atoms with Gasteiger partial charge in [0.2, 0.25) is 0 Å². The van der Waals surface area contributed by atoms with E-state index >= 15 is 0 Å². The van der Waals surface area contributed by atoms with E-state index < -0.39 is 0 Å². The van der Waals surface area contributed by atoms with E-state index in [1.54, 1.807) is 24.5 Å². The molecule has 4 aromatic rings. The third-order valence-corrected chi connectivity index (χ3v) is 5.53. The molecule has 5 nitrogen and oxygen atoms in total.